The van der Waals surface area contributed by atoms with Crippen molar-refractivity contribution >= 4 is 23.9 Å². The topological polar surface area (TPSA) is 105 Å². The molecule has 0 saturated heterocycles. The Hall–Kier alpha value is -4.46. The Labute approximate surface area is 189 Å². The van der Waals surface area contributed by atoms with E-state index in [4.69, 9.17) is 18.9 Å². The summed E-state index contributed by atoms with van der Waals surface area (Å²) in [5, 5.41) is 0. The molecule has 0 bridgehead atoms. The van der Waals surface area contributed by atoms with Crippen LogP contribution in [0.15, 0.2) is 66.7 Å². The highest BCUT2D eigenvalue weighted by Crippen LogP contribution is 2.24. The summed E-state index contributed by atoms with van der Waals surface area (Å²) in [6.45, 7) is 1.56. The molecular weight excluding hydrogens is 428 g/mol. The zero-order chi connectivity index (χ0) is 24.0. The first-order chi connectivity index (χ1) is 15.9. The lowest BCUT2D eigenvalue weighted by atomic mass is 10.0. The van der Waals surface area contributed by atoms with Gasteiger partial charge >= 0.3 is 23.9 Å². The number of hydrogen-bond acceptors (Lipinski definition) is 8. The van der Waals surface area contributed by atoms with Crippen molar-refractivity contribution in [1.29, 1.82) is 0 Å². The molecule has 8 nitrogen and oxygen atoms in total. The lowest BCUT2D eigenvalue weighted by Crippen LogP contribution is -2.17. The second kappa shape index (κ2) is 10.2. The molecule has 0 aromatic heterocycles. The van der Waals surface area contributed by atoms with Crippen LogP contribution in [0.25, 0.3) is 0 Å². The predicted molar refractivity (Wildman–Crippen MR) is 117 cm³/mol. The van der Waals surface area contributed by atoms with Gasteiger partial charge < -0.3 is 18.9 Å². The Balaban J connectivity index is 1.87. The fourth-order valence-electron chi connectivity index (χ4n) is 3.06. The average molecular weight is 448 g/mol. The van der Waals surface area contributed by atoms with E-state index in [1.807, 2.05) is 0 Å². The fraction of sp³-hybridized carbons (Fsp3) is 0.120. The SMILES string of the molecule is COC(=O)c1ccccc1OC(=O)c1cccc(C(=O)Oc2ccccc2C(=O)OC)c1C. The molecule has 0 saturated carbocycles. The van der Waals surface area contributed by atoms with E-state index in [-0.39, 0.29) is 33.8 Å². The highest BCUT2D eigenvalue weighted by atomic mass is 16.6. The predicted octanol–water partition coefficient (Wildman–Crippen LogP) is 4.01. The van der Waals surface area contributed by atoms with E-state index < -0.39 is 23.9 Å². The highest BCUT2D eigenvalue weighted by Gasteiger charge is 2.22. The van der Waals surface area contributed by atoms with Gasteiger partial charge in [-0.3, -0.25) is 0 Å². The van der Waals surface area contributed by atoms with E-state index in [0.717, 1.165) is 0 Å². The maximum atomic E-state index is 12.8. The molecule has 0 aliphatic heterocycles. The monoisotopic (exact) mass is 448 g/mol. The number of benzene rings is 3. The zero-order valence-corrected chi connectivity index (χ0v) is 18.1. The van der Waals surface area contributed by atoms with E-state index in [1.54, 1.807) is 31.2 Å². The van der Waals surface area contributed by atoms with Gasteiger partial charge in [-0.1, -0.05) is 30.3 Å². The van der Waals surface area contributed by atoms with Gasteiger partial charge in [0.05, 0.1) is 25.3 Å². The van der Waals surface area contributed by atoms with Crippen molar-refractivity contribution in [2.24, 2.45) is 0 Å². The van der Waals surface area contributed by atoms with Crippen molar-refractivity contribution in [2.75, 3.05) is 14.2 Å². The van der Waals surface area contributed by atoms with Crippen molar-refractivity contribution in [2.45, 2.75) is 6.92 Å². The Kier molecular flexibility index (Phi) is 7.20. The number of para-hydroxylation sites is 2. The van der Waals surface area contributed by atoms with Gasteiger partial charge in [0.15, 0.2) is 0 Å². The van der Waals surface area contributed by atoms with Crippen molar-refractivity contribution in [3.05, 3.63) is 94.5 Å². The van der Waals surface area contributed by atoms with Crippen molar-refractivity contribution < 1.29 is 38.1 Å². The standard InChI is InChI=1S/C25H20O8/c1-15-16(24(28)32-20-13-6-4-9-18(20)22(26)30-2)11-8-12-17(15)25(29)33-21-14-7-5-10-19(21)23(27)31-3/h4-14H,1-3H3. The molecule has 3 rings (SSSR count). The molecule has 3 aromatic carbocycles. The average Bonchev–Trinajstić information content (AvgIpc) is 2.83. The van der Waals surface area contributed by atoms with Crippen molar-refractivity contribution in [3.63, 3.8) is 0 Å². The molecular formula is C25H20O8. The molecule has 168 valence electrons. The summed E-state index contributed by atoms with van der Waals surface area (Å²) in [7, 11) is 2.44. The molecule has 0 unspecified atom stereocenters. The van der Waals surface area contributed by atoms with Gasteiger partial charge in [0.2, 0.25) is 0 Å². The third-order valence-corrected chi connectivity index (χ3v) is 4.76. The summed E-state index contributed by atoms with van der Waals surface area (Å²) in [5.41, 5.74) is 0.677. The molecule has 33 heavy (non-hydrogen) atoms. The first-order valence-electron chi connectivity index (χ1n) is 9.76. The Morgan fingerprint density at radius 3 is 1.27 bits per heavy atom. The van der Waals surface area contributed by atoms with Gasteiger partial charge in [-0.05, 0) is 48.9 Å². The van der Waals surface area contributed by atoms with Gasteiger partial charge in [0.1, 0.15) is 22.6 Å². The molecule has 0 heterocycles. The normalized spacial score (nSPS) is 10.2. The zero-order valence-electron chi connectivity index (χ0n) is 18.1. The number of ether oxygens (including phenoxy) is 4. The maximum absolute atomic E-state index is 12.8. The fourth-order valence-corrected chi connectivity index (χ4v) is 3.06. The number of esters is 4. The number of carbonyl (C=O) groups is 4. The smallest absolute Gasteiger partial charge is 0.343 e. The molecule has 3 aromatic rings. The number of hydrogen-bond donors (Lipinski definition) is 0. The Morgan fingerprint density at radius 1 is 0.515 bits per heavy atom. The van der Waals surface area contributed by atoms with Crippen LogP contribution in [0.3, 0.4) is 0 Å². The molecule has 0 aliphatic rings. The van der Waals surface area contributed by atoms with E-state index >= 15 is 0 Å². The van der Waals surface area contributed by atoms with Crippen LogP contribution < -0.4 is 9.47 Å². The summed E-state index contributed by atoms with van der Waals surface area (Å²) in [4.78, 5) is 49.5. The largest absolute Gasteiger partial charge is 0.465 e. The van der Waals surface area contributed by atoms with Crippen LogP contribution in [0.5, 0.6) is 11.5 Å². The molecule has 0 radical (unpaired) electrons. The molecule has 0 fully saturated rings. The lowest BCUT2D eigenvalue weighted by molar-refractivity contribution is 0.0580. The molecule has 0 N–H and O–H groups in total. The van der Waals surface area contributed by atoms with E-state index in [2.05, 4.69) is 0 Å². The highest BCUT2D eigenvalue weighted by molar-refractivity contribution is 6.01. The van der Waals surface area contributed by atoms with Crippen LogP contribution in [0.2, 0.25) is 0 Å². The molecule has 0 atom stereocenters. The molecule has 0 amide bonds. The van der Waals surface area contributed by atoms with Crippen LogP contribution in [0.1, 0.15) is 47.0 Å². The maximum Gasteiger partial charge on any atom is 0.343 e. The Morgan fingerprint density at radius 2 is 0.879 bits per heavy atom. The summed E-state index contributed by atoms with van der Waals surface area (Å²) < 4.78 is 20.2. The van der Waals surface area contributed by atoms with Crippen LogP contribution in [0.4, 0.5) is 0 Å². The van der Waals surface area contributed by atoms with Crippen molar-refractivity contribution in [1.82, 2.24) is 0 Å². The van der Waals surface area contributed by atoms with E-state index in [1.165, 1.54) is 56.7 Å². The van der Waals surface area contributed by atoms with Crippen molar-refractivity contribution in [3.8, 4) is 11.5 Å². The second-order valence-electron chi connectivity index (χ2n) is 6.73. The minimum atomic E-state index is -0.770. The van der Waals surface area contributed by atoms with Gasteiger partial charge in [-0.2, -0.15) is 0 Å². The van der Waals surface area contributed by atoms with Gasteiger partial charge in [0.25, 0.3) is 0 Å². The summed E-state index contributed by atoms with van der Waals surface area (Å²) in [5.74, 6) is -2.81. The first kappa shape index (κ1) is 23.2. The van der Waals surface area contributed by atoms with Gasteiger partial charge in [-0.25, -0.2) is 19.2 Å². The Bertz CT molecular complexity index is 1140. The second-order valence-corrected chi connectivity index (χ2v) is 6.73. The van der Waals surface area contributed by atoms with E-state index in [0.29, 0.717) is 5.56 Å². The quantitative estimate of drug-likeness (QED) is 0.412. The first-order valence-corrected chi connectivity index (χ1v) is 9.76. The van der Waals surface area contributed by atoms with Crippen LogP contribution in [0, 0.1) is 6.92 Å². The van der Waals surface area contributed by atoms with Gasteiger partial charge in [-0.15, -0.1) is 0 Å². The molecule has 0 spiro atoms. The van der Waals surface area contributed by atoms with Crippen LogP contribution >= 0.6 is 0 Å². The summed E-state index contributed by atoms with van der Waals surface area (Å²) in [6.07, 6.45) is 0. The third-order valence-electron chi connectivity index (χ3n) is 4.76. The number of methoxy groups -OCH3 is 2. The third kappa shape index (κ3) is 5.07. The lowest BCUT2D eigenvalue weighted by Gasteiger charge is -2.13. The minimum Gasteiger partial charge on any atom is -0.465 e. The molecule has 0 aliphatic carbocycles. The number of rotatable bonds is 6. The minimum absolute atomic E-state index is 0.0220. The van der Waals surface area contributed by atoms with Crippen LogP contribution in [-0.2, 0) is 9.47 Å². The summed E-state index contributed by atoms with van der Waals surface area (Å²) in [6, 6.07) is 16.7. The van der Waals surface area contributed by atoms with Crippen LogP contribution in [-0.4, -0.2) is 38.1 Å². The molecule has 8 heteroatoms. The van der Waals surface area contributed by atoms with E-state index in [9.17, 15) is 19.2 Å². The summed E-state index contributed by atoms with van der Waals surface area (Å²) >= 11 is 0. The number of carbonyl (C=O) groups excluding carboxylic acids is 4. The van der Waals surface area contributed by atoms with Gasteiger partial charge in [0, 0.05) is 0 Å².